The molecule has 1 amide bonds. The van der Waals surface area contributed by atoms with E-state index in [0.717, 1.165) is 22.6 Å². The third-order valence-electron chi connectivity index (χ3n) is 4.17. The summed E-state index contributed by atoms with van der Waals surface area (Å²) in [6.07, 6.45) is 5.26. The molecule has 0 unspecified atom stereocenters. The fourth-order valence-corrected chi connectivity index (χ4v) is 3.11. The second kappa shape index (κ2) is 4.95. The zero-order valence-electron chi connectivity index (χ0n) is 12.2. The summed E-state index contributed by atoms with van der Waals surface area (Å²) in [5.41, 5.74) is 7.51. The molecule has 4 rings (SSSR count). The Bertz CT molecular complexity index is 1020. The number of allylic oxidation sites excluding steroid dienone is 1. The van der Waals surface area contributed by atoms with E-state index in [1.54, 1.807) is 12.1 Å². The van der Waals surface area contributed by atoms with Crippen LogP contribution in [0.25, 0.3) is 27.6 Å². The Morgan fingerprint density at radius 3 is 2.57 bits per heavy atom. The summed E-state index contributed by atoms with van der Waals surface area (Å²) >= 11 is 0. The molecule has 112 valence electrons. The van der Waals surface area contributed by atoms with Crippen LogP contribution in [0.15, 0.2) is 48.5 Å². The van der Waals surface area contributed by atoms with Crippen molar-refractivity contribution in [3.63, 3.8) is 0 Å². The van der Waals surface area contributed by atoms with Gasteiger partial charge in [-0.05, 0) is 51.2 Å². The van der Waals surface area contributed by atoms with Crippen molar-refractivity contribution in [2.45, 2.75) is 6.42 Å². The molecule has 0 saturated carbocycles. The molecular formula is C19H13NO3. The highest BCUT2D eigenvalue weighted by Gasteiger charge is 2.14. The van der Waals surface area contributed by atoms with Crippen molar-refractivity contribution in [3.05, 3.63) is 59.7 Å². The number of hydrogen-bond acceptors (Lipinski definition) is 3. The molecule has 1 aliphatic rings. The quantitative estimate of drug-likeness (QED) is 0.325. The van der Waals surface area contributed by atoms with Crippen molar-refractivity contribution in [1.29, 1.82) is 0 Å². The molecule has 1 aliphatic carbocycles. The van der Waals surface area contributed by atoms with Gasteiger partial charge in [-0.15, -0.1) is 0 Å². The van der Waals surface area contributed by atoms with Gasteiger partial charge in [-0.2, -0.15) is 0 Å². The molecule has 2 N–H and O–H groups in total. The van der Waals surface area contributed by atoms with Crippen LogP contribution in [0.3, 0.4) is 0 Å². The Balaban J connectivity index is 1.85. The number of primary amides is 1. The fraction of sp³-hybridized carbons (Fsp3) is 0.0526. The predicted octanol–water partition coefficient (Wildman–Crippen LogP) is 2.95. The molecule has 0 spiro atoms. The molecule has 3 aromatic carbocycles. The van der Waals surface area contributed by atoms with Gasteiger partial charge in [-0.1, -0.05) is 42.5 Å². The standard InChI is InChI=1S/C19H13NO3/c20-18(21)19(22)23-13-6-9-15-12(10-13)5-8-16-14-3-1-2-11(14)4-7-17(15)16/h1-2,4-10H,3H2,(H2,20,21). The Morgan fingerprint density at radius 1 is 0.957 bits per heavy atom. The fourth-order valence-electron chi connectivity index (χ4n) is 3.11. The third-order valence-corrected chi connectivity index (χ3v) is 4.17. The summed E-state index contributed by atoms with van der Waals surface area (Å²) in [6, 6.07) is 13.6. The minimum absolute atomic E-state index is 0.309. The first kappa shape index (κ1) is 13.5. The van der Waals surface area contributed by atoms with E-state index >= 15 is 0 Å². The molecule has 0 heterocycles. The normalized spacial score (nSPS) is 12.5. The second-order valence-electron chi connectivity index (χ2n) is 5.54. The number of nitrogens with two attached hydrogens (primary N) is 1. The lowest BCUT2D eigenvalue weighted by atomic mass is 9.96. The number of carbonyl (C=O) groups excluding carboxylic acids is 2. The van der Waals surface area contributed by atoms with Crippen LogP contribution in [-0.2, 0) is 16.0 Å². The van der Waals surface area contributed by atoms with Gasteiger partial charge in [0.15, 0.2) is 0 Å². The van der Waals surface area contributed by atoms with Crippen LogP contribution in [0.5, 0.6) is 5.75 Å². The maximum absolute atomic E-state index is 11.3. The van der Waals surface area contributed by atoms with Crippen molar-refractivity contribution in [2.75, 3.05) is 0 Å². The first-order chi connectivity index (χ1) is 11.1. The van der Waals surface area contributed by atoms with Gasteiger partial charge in [0, 0.05) is 0 Å². The predicted molar refractivity (Wildman–Crippen MR) is 89.0 cm³/mol. The van der Waals surface area contributed by atoms with Crippen LogP contribution < -0.4 is 10.5 Å². The molecule has 0 saturated heterocycles. The zero-order valence-corrected chi connectivity index (χ0v) is 12.2. The second-order valence-corrected chi connectivity index (χ2v) is 5.54. The first-order valence-corrected chi connectivity index (χ1v) is 7.30. The third kappa shape index (κ3) is 2.16. The summed E-state index contributed by atoms with van der Waals surface area (Å²) in [7, 11) is 0. The average Bonchev–Trinajstić information content (AvgIpc) is 3.03. The van der Waals surface area contributed by atoms with Gasteiger partial charge >= 0.3 is 11.9 Å². The largest absolute Gasteiger partial charge is 0.419 e. The molecule has 23 heavy (non-hydrogen) atoms. The smallest absolute Gasteiger partial charge is 0.401 e. The maximum Gasteiger partial charge on any atom is 0.401 e. The Hall–Kier alpha value is -3.14. The Labute approximate surface area is 132 Å². The highest BCUT2D eigenvalue weighted by Crippen LogP contribution is 2.34. The van der Waals surface area contributed by atoms with Gasteiger partial charge in [0.05, 0.1) is 0 Å². The van der Waals surface area contributed by atoms with Gasteiger partial charge in [0.25, 0.3) is 0 Å². The van der Waals surface area contributed by atoms with Crippen molar-refractivity contribution < 1.29 is 14.3 Å². The van der Waals surface area contributed by atoms with Gasteiger partial charge in [-0.25, -0.2) is 4.79 Å². The summed E-state index contributed by atoms with van der Waals surface area (Å²) in [5.74, 6) is -1.86. The highest BCUT2D eigenvalue weighted by atomic mass is 16.5. The minimum Gasteiger partial charge on any atom is -0.419 e. The van der Waals surface area contributed by atoms with Crippen LogP contribution in [0.1, 0.15) is 11.1 Å². The van der Waals surface area contributed by atoms with Gasteiger partial charge < -0.3 is 10.5 Å². The van der Waals surface area contributed by atoms with Crippen LogP contribution >= 0.6 is 0 Å². The van der Waals surface area contributed by atoms with Gasteiger partial charge in [0.1, 0.15) is 5.75 Å². The number of fused-ring (bicyclic) bond motifs is 5. The number of amides is 1. The molecule has 0 fully saturated rings. The molecule has 0 aliphatic heterocycles. The SMILES string of the molecule is NC(=O)C(=O)Oc1ccc2c(ccc3c4c(ccc32)C=CC4)c1. The average molecular weight is 303 g/mol. The molecule has 3 aromatic rings. The van der Waals surface area contributed by atoms with E-state index in [-0.39, 0.29) is 0 Å². The summed E-state index contributed by atoms with van der Waals surface area (Å²) in [5, 5.41) is 4.42. The van der Waals surface area contributed by atoms with E-state index < -0.39 is 11.9 Å². The Morgan fingerprint density at radius 2 is 1.74 bits per heavy atom. The minimum atomic E-state index is -1.10. The molecule has 0 bridgehead atoms. The number of esters is 1. The van der Waals surface area contributed by atoms with Crippen LogP contribution in [0, 0.1) is 0 Å². The van der Waals surface area contributed by atoms with Crippen molar-refractivity contribution in [1.82, 2.24) is 0 Å². The van der Waals surface area contributed by atoms with E-state index in [4.69, 9.17) is 10.5 Å². The molecule has 0 aromatic heterocycles. The molecule has 4 heteroatoms. The Kier molecular flexibility index (Phi) is 2.91. The van der Waals surface area contributed by atoms with Crippen molar-refractivity contribution in [3.8, 4) is 5.75 Å². The molecule has 0 radical (unpaired) electrons. The van der Waals surface area contributed by atoms with Crippen LogP contribution in [-0.4, -0.2) is 11.9 Å². The van der Waals surface area contributed by atoms with Crippen molar-refractivity contribution in [2.24, 2.45) is 5.73 Å². The first-order valence-electron chi connectivity index (χ1n) is 7.30. The number of carbonyl (C=O) groups is 2. The number of ether oxygens (including phenoxy) is 1. The van der Waals surface area contributed by atoms with E-state index in [9.17, 15) is 9.59 Å². The highest BCUT2D eigenvalue weighted by molar-refractivity contribution is 6.32. The van der Waals surface area contributed by atoms with Crippen LogP contribution in [0.2, 0.25) is 0 Å². The van der Waals surface area contributed by atoms with E-state index in [1.165, 1.54) is 16.5 Å². The van der Waals surface area contributed by atoms with Gasteiger partial charge in [0.2, 0.25) is 0 Å². The zero-order chi connectivity index (χ0) is 16.0. The molecule has 0 atom stereocenters. The summed E-state index contributed by atoms with van der Waals surface area (Å²) in [6.45, 7) is 0. The number of rotatable bonds is 1. The van der Waals surface area contributed by atoms with E-state index in [0.29, 0.717) is 5.75 Å². The monoisotopic (exact) mass is 303 g/mol. The van der Waals surface area contributed by atoms with Gasteiger partial charge in [-0.3, -0.25) is 4.79 Å². The molecular weight excluding hydrogens is 290 g/mol. The van der Waals surface area contributed by atoms with Crippen LogP contribution in [0.4, 0.5) is 0 Å². The topological polar surface area (TPSA) is 69.4 Å². The maximum atomic E-state index is 11.3. The van der Waals surface area contributed by atoms with E-state index in [1.807, 2.05) is 12.1 Å². The summed E-state index contributed by atoms with van der Waals surface area (Å²) in [4.78, 5) is 22.1. The lowest BCUT2D eigenvalue weighted by molar-refractivity contribution is -0.146. The van der Waals surface area contributed by atoms with E-state index in [2.05, 4.69) is 30.4 Å². The lowest BCUT2D eigenvalue weighted by Gasteiger charge is -2.10. The number of benzene rings is 3. The summed E-state index contributed by atoms with van der Waals surface area (Å²) < 4.78 is 4.95. The van der Waals surface area contributed by atoms with Crippen molar-refractivity contribution >= 4 is 39.5 Å². The lowest BCUT2D eigenvalue weighted by Crippen LogP contribution is -2.27. The number of hydrogen-bond donors (Lipinski definition) is 1. The molecule has 4 nitrogen and oxygen atoms in total.